The fourth-order valence-electron chi connectivity index (χ4n) is 3.41. The van der Waals surface area contributed by atoms with Crippen LogP contribution in [0.3, 0.4) is 0 Å². The Morgan fingerprint density at radius 3 is 2.89 bits per heavy atom. The van der Waals surface area contributed by atoms with Crippen molar-refractivity contribution in [1.29, 1.82) is 0 Å². The van der Waals surface area contributed by atoms with Crippen molar-refractivity contribution in [2.45, 2.75) is 32.4 Å². The zero-order chi connectivity index (χ0) is 18.6. The summed E-state index contributed by atoms with van der Waals surface area (Å²) >= 11 is 3.28. The van der Waals surface area contributed by atoms with Gasteiger partial charge in [0.2, 0.25) is 5.91 Å². The number of thiazole rings is 1. The third-order valence-corrected chi connectivity index (χ3v) is 6.93. The summed E-state index contributed by atoms with van der Waals surface area (Å²) in [5.41, 5.74) is 3.71. The number of nitrogens with zero attached hydrogens (tertiary/aromatic N) is 2. The van der Waals surface area contributed by atoms with Crippen LogP contribution in [0.4, 0.5) is 0 Å². The highest BCUT2D eigenvalue weighted by molar-refractivity contribution is 7.20. The maximum atomic E-state index is 12.3. The number of carbonyl (C=O) groups excluding carboxylic acids is 1. The molecular formula is C21H23N3OS2. The number of nitrogens with one attached hydrogen (secondary N) is 1. The first-order valence-electron chi connectivity index (χ1n) is 9.25. The minimum atomic E-state index is 0.0438. The normalized spacial score (nSPS) is 15.3. The summed E-state index contributed by atoms with van der Waals surface area (Å²) in [4.78, 5) is 20.5. The Morgan fingerprint density at radius 1 is 1.22 bits per heavy atom. The van der Waals surface area contributed by atoms with Crippen LogP contribution in [0.5, 0.6) is 0 Å². The lowest BCUT2D eigenvalue weighted by Gasteiger charge is -2.33. The first-order valence-corrected chi connectivity index (χ1v) is 11.0. The quantitative estimate of drug-likeness (QED) is 0.684. The van der Waals surface area contributed by atoms with E-state index in [0.717, 1.165) is 35.1 Å². The molecule has 4 rings (SSSR count). The number of amides is 1. The van der Waals surface area contributed by atoms with Crippen LogP contribution in [0, 0.1) is 0 Å². The van der Waals surface area contributed by atoms with Gasteiger partial charge < -0.3 is 5.32 Å². The van der Waals surface area contributed by atoms with Gasteiger partial charge in [-0.3, -0.25) is 9.69 Å². The molecule has 3 aromatic rings. The average molecular weight is 398 g/mol. The van der Waals surface area contributed by atoms with E-state index in [1.807, 2.05) is 16.8 Å². The van der Waals surface area contributed by atoms with Gasteiger partial charge in [-0.1, -0.05) is 30.3 Å². The fraction of sp³-hybridized carbons (Fsp3) is 0.333. The van der Waals surface area contributed by atoms with Crippen LogP contribution in [0.1, 0.15) is 23.7 Å². The highest BCUT2D eigenvalue weighted by Crippen LogP contribution is 2.27. The number of hydrogen-bond donors (Lipinski definition) is 1. The Bertz CT molecular complexity index is 904. The SMILES string of the molecule is CC(CNC(=O)Cc1csc(-c2cccs2)n1)N1CCc2ccccc2C1. The summed E-state index contributed by atoms with van der Waals surface area (Å²) in [5.74, 6) is 0.0438. The van der Waals surface area contributed by atoms with E-state index in [1.165, 1.54) is 11.1 Å². The Hall–Kier alpha value is -2.02. The largest absolute Gasteiger partial charge is 0.354 e. The molecule has 27 heavy (non-hydrogen) atoms. The van der Waals surface area contributed by atoms with Gasteiger partial charge in [0, 0.05) is 31.1 Å². The maximum Gasteiger partial charge on any atom is 0.226 e. The van der Waals surface area contributed by atoms with Crippen LogP contribution in [-0.4, -0.2) is 34.9 Å². The summed E-state index contributed by atoms with van der Waals surface area (Å²) < 4.78 is 0. The lowest BCUT2D eigenvalue weighted by Crippen LogP contribution is -2.44. The van der Waals surface area contributed by atoms with Crippen molar-refractivity contribution in [2.24, 2.45) is 0 Å². The van der Waals surface area contributed by atoms with Crippen molar-refractivity contribution < 1.29 is 4.79 Å². The maximum absolute atomic E-state index is 12.3. The standard InChI is InChI=1S/C21H23N3OS2/c1-15(24-9-8-16-5-2-3-6-17(16)13-24)12-22-20(25)11-18-14-27-21(23-18)19-7-4-10-26-19/h2-7,10,14-15H,8-9,11-13H2,1H3,(H,22,25). The second kappa shape index (κ2) is 8.33. The van der Waals surface area contributed by atoms with Crippen LogP contribution >= 0.6 is 22.7 Å². The number of aromatic nitrogens is 1. The first-order chi connectivity index (χ1) is 13.2. The Balaban J connectivity index is 1.27. The van der Waals surface area contributed by atoms with E-state index in [4.69, 9.17) is 0 Å². The molecule has 0 saturated heterocycles. The van der Waals surface area contributed by atoms with E-state index < -0.39 is 0 Å². The van der Waals surface area contributed by atoms with Crippen molar-refractivity contribution in [2.75, 3.05) is 13.1 Å². The van der Waals surface area contributed by atoms with Crippen LogP contribution in [0.25, 0.3) is 9.88 Å². The smallest absolute Gasteiger partial charge is 0.226 e. The van der Waals surface area contributed by atoms with Gasteiger partial charge in [-0.25, -0.2) is 4.98 Å². The highest BCUT2D eigenvalue weighted by atomic mass is 32.1. The van der Waals surface area contributed by atoms with E-state index in [2.05, 4.69) is 52.5 Å². The molecule has 1 amide bonds. The summed E-state index contributed by atoms with van der Waals surface area (Å²) in [6.45, 7) is 4.86. The summed E-state index contributed by atoms with van der Waals surface area (Å²) in [5, 5.41) is 8.11. The van der Waals surface area contributed by atoms with Gasteiger partial charge in [0.25, 0.3) is 0 Å². The van der Waals surface area contributed by atoms with Gasteiger partial charge in [0.05, 0.1) is 17.0 Å². The third-order valence-electron chi connectivity index (χ3n) is 5.00. The zero-order valence-corrected chi connectivity index (χ0v) is 17.0. The lowest BCUT2D eigenvalue weighted by atomic mass is 9.99. The van der Waals surface area contributed by atoms with Gasteiger partial charge in [-0.15, -0.1) is 22.7 Å². The monoisotopic (exact) mass is 397 g/mol. The molecule has 0 saturated carbocycles. The summed E-state index contributed by atoms with van der Waals surface area (Å²) in [6, 6.07) is 13.0. The molecule has 0 radical (unpaired) electrons. The molecule has 0 bridgehead atoms. The molecule has 0 fully saturated rings. The van der Waals surface area contributed by atoms with Gasteiger partial charge in [-0.2, -0.15) is 0 Å². The molecule has 1 aliphatic heterocycles. The summed E-state index contributed by atoms with van der Waals surface area (Å²) in [6.07, 6.45) is 1.43. The topological polar surface area (TPSA) is 45.2 Å². The van der Waals surface area contributed by atoms with Crippen LogP contribution < -0.4 is 5.32 Å². The molecule has 140 valence electrons. The average Bonchev–Trinajstić information content (AvgIpc) is 3.37. The van der Waals surface area contributed by atoms with Crippen LogP contribution in [-0.2, 0) is 24.2 Å². The minimum Gasteiger partial charge on any atom is -0.354 e. The number of carbonyl (C=O) groups is 1. The minimum absolute atomic E-state index is 0.0438. The molecule has 3 heterocycles. The van der Waals surface area contributed by atoms with Crippen molar-refractivity contribution in [3.05, 3.63) is 64.0 Å². The Labute approximate surface area is 167 Å². The molecule has 2 aromatic heterocycles. The molecule has 1 atom stereocenters. The molecule has 4 nitrogen and oxygen atoms in total. The number of fused-ring (bicyclic) bond motifs is 1. The second-order valence-corrected chi connectivity index (χ2v) is 8.75. The third kappa shape index (κ3) is 4.46. The highest BCUT2D eigenvalue weighted by Gasteiger charge is 2.20. The van der Waals surface area contributed by atoms with E-state index in [-0.39, 0.29) is 5.91 Å². The lowest BCUT2D eigenvalue weighted by molar-refractivity contribution is -0.120. The molecule has 1 unspecified atom stereocenters. The second-order valence-electron chi connectivity index (χ2n) is 6.94. The molecule has 6 heteroatoms. The van der Waals surface area contributed by atoms with Gasteiger partial charge in [0.15, 0.2) is 0 Å². The molecule has 0 aliphatic carbocycles. The molecular weight excluding hydrogens is 374 g/mol. The van der Waals surface area contributed by atoms with Crippen molar-refractivity contribution >= 4 is 28.6 Å². The Kier molecular flexibility index (Phi) is 5.66. The number of hydrogen-bond acceptors (Lipinski definition) is 5. The van der Waals surface area contributed by atoms with E-state index >= 15 is 0 Å². The molecule has 0 spiro atoms. The number of thiophene rings is 1. The van der Waals surface area contributed by atoms with E-state index in [9.17, 15) is 4.79 Å². The first kappa shape index (κ1) is 18.3. The zero-order valence-electron chi connectivity index (χ0n) is 15.4. The van der Waals surface area contributed by atoms with Crippen molar-refractivity contribution in [3.8, 4) is 9.88 Å². The predicted octanol–water partition coefficient (Wildman–Crippen LogP) is 3.98. The van der Waals surface area contributed by atoms with Crippen molar-refractivity contribution in [3.63, 3.8) is 0 Å². The van der Waals surface area contributed by atoms with Crippen LogP contribution in [0.2, 0.25) is 0 Å². The molecule has 1 aromatic carbocycles. The number of rotatable bonds is 6. The number of benzene rings is 1. The summed E-state index contributed by atoms with van der Waals surface area (Å²) in [7, 11) is 0. The van der Waals surface area contributed by atoms with E-state index in [0.29, 0.717) is 19.0 Å². The Morgan fingerprint density at radius 2 is 2.07 bits per heavy atom. The van der Waals surface area contributed by atoms with Crippen LogP contribution in [0.15, 0.2) is 47.2 Å². The van der Waals surface area contributed by atoms with Gasteiger partial charge in [0.1, 0.15) is 5.01 Å². The molecule has 1 aliphatic rings. The van der Waals surface area contributed by atoms with E-state index in [1.54, 1.807) is 22.7 Å². The molecule has 1 N–H and O–H groups in total. The fourth-order valence-corrected chi connectivity index (χ4v) is 5.05. The van der Waals surface area contributed by atoms with Crippen molar-refractivity contribution in [1.82, 2.24) is 15.2 Å². The van der Waals surface area contributed by atoms with Gasteiger partial charge >= 0.3 is 0 Å². The predicted molar refractivity (Wildman–Crippen MR) is 112 cm³/mol. The van der Waals surface area contributed by atoms with Gasteiger partial charge in [-0.05, 0) is 35.9 Å².